The lowest BCUT2D eigenvalue weighted by molar-refractivity contribution is -0.137. The summed E-state index contributed by atoms with van der Waals surface area (Å²) in [5.41, 5.74) is -0.509. The van der Waals surface area contributed by atoms with Crippen LogP contribution >= 0.6 is 15.9 Å². The van der Waals surface area contributed by atoms with Crippen LogP contribution in [0.5, 0.6) is 0 Å². The average Bonchev–Trinajstić information content (AvgIpc) is 2.77. The van der Waals surface area contributed by atoms with E-state index in [0.29, 0.717) is 16.8 Å². The Balaban J connectivity index is 2.42. The quantitative estimate of drug-likeness (QED) is 0.831. The van der Waals surface area contributed by atoms with Crippen molar-refractivity contribution in [2.75, 3.05) is 0 Å². The molecule has 19 heavy (non-hydrogen) atoms. The van der Waals surface area contributed by atoms with Crippen LogP contribution in [0.1, 0.15) is 24.8 Å². The molecule has 102 valence electrons. The first-order chi connectivity index (χ1) is 8.91. The second kappa shape index (κ2) is 5.32. The van der Waals surface area contributed by atoms with E-state index in [-0.39, 0.29) is 11.5 Å². The Morgan fingerprint density at radius 3 is 2.63 bits per heavy atom. The van der Waals surface area contributed by atoms with Crippen molar-refractivity contribution in [1.29, 1.82) is 0 Å². The Morgan fingerprint density at radius 1 is 1.26 bits per heavy atom. The lowest BCUT2D eigenvalue weighted by Gasteiger charge is -2.08. The lowest BCUT2D eigenvalue weighted by atomic mass is 10.1. The minimum absolute atomic E-state index is 0.0847. The molecular weight excluding hydrogens is 325 g/mol. The van der Waals surface area contributed by atoms with Crippen LogP contribution in [0, 0.1) is 0 Å². The maximum atomic E-state index is 12.7. The van der Waals surface area contributed by atoms with Crippen molar-refractivity contribution in [2.45, 2.75) is 25.9 Å². The summed E-state index contributed by atoms with van der Waals surface area (Å²) < 4.78 is 43.8. The summed E-state index contributed by atoms with van der Waals surface area (Å²) in [4.78, 5) is 0. The molecule has 1 aromatic heterocycles. The van der Waals surface area contributed by atoms with E-state index in [1.165, 1.54) is 6.07 Å². The Kier molecular flexibility index (Phi) is 3.93. The van der Waals surface area contributed by atoms with E-state index in [9.17, 15) is 13.2 Å². The molecule has 0 saturated carbocycles. The Labute approximate surface area is 116 Å². The number of halogens is 4. The van der Waals surface area contributed by atoms with Crippen molar-refractivity contribution in [2.24, 2.45) is 0 Å². The van der Waals surface area contributed by atoms with Crippen molar-refractivity contribution < 1.29 is 17.6 Å². The van der Waals surface area contributed by atoms with Crippen LogP contribution in [-0.4, -0.2) is 10.2 Å². The van der Waals surface area contributed by atoms with Gasteiger partial charge in [0.2, 0.25) is 11.8 Å². The van der Waals surface area contributed by atoms with Crippen LogP contribution in [0.25, 0.3) is 11.5 Å². The molecule has 1 aromatic carbocycles. The zero-order chi connectivity index (χ0) is 14.0. The van der Waals surface area contributed by atoms with Crippen molar-refractivity contribution >= 4 is 15.9 Å². The van der Waals surface area contributed by atoms with Crippen molar-refractivity contribution in [3.8, 4) is 11.5 Å². The third-order valence-electron chi connectivity index (χ3n) is 2.45. The van der Waals surface area contributed by atoms with Gasteiger partial charge in [0.25, 0.3) is 0 Å². The van der Waals surface area contributed by atoms with Gasteiger partial charge in [0.15, 0.2) is 0 Å². The summed E-state index contributed by atoms with van der Waals surface area (Å²) in [7, 11) is 0. The maximum Gasteiger partial charge on any atom is 0.416 e. The summed E-state index contributed by atoms with van der Waals surface area (Å²) in [5, 5.41) is 7.57. The van der Waals surface area contributed by atoms with Gasteiger partial charge >= 0.3 is 6.18 Å². The van der Waals surface area contributed by atoms with Crippen molar-refractivity contribution in [1.82, 2.24) is 10.2 Å². The molecule has 0 amide bonds. The molecule has 3 nitrogen and oxygen atoms in total. The lowest BCUT2D eigenvalue weighted by Crippen LogP contribution is -2.04. The van der Waals surface area contributed by atoms with Gasteiger partial charge in [-0.05, 0) is 40.5 Å². The third kappa shape index (κ3) is 3.15. The number of hydrogen-bond acceptors (Lipinski definition) is 3. The number of hydrogen-bond donors (Lipinski definition) is 0. The molecule has 0 aliphatic rings. The van der Waals surface area contributed by atoms with Gasteiger partial charge in [0.05, 0.1) is 11.1 Å². The Bertz CT molecular complexity index is 581. The molecule has 0 aliphatic heterocycles. The minimum atomic E-state index is -4.40. The highest BCUT2D eigenvalue weighted by Crippen LogP contribution is 2.35. The van der Waals surface area contributed by atoms with E-state index >= 15 is 0 Å². The van der Waals surface area contributed by atoms with Gasteiger partial charge in [0.1, 0.15) is 0 Å². The van der Waals surface area contributed by atoms with Gasteiger partial charge in [-0.2, -0.15) is 13.2 Å². The highest BCUT2D eigenvalue weighted by molar-refractivity contribution is 9.10. The van der Waals surface area contributed by atoms with E-state index in [4.69, 9.17) is 4.42 Å². The summed E-state index contributed by atoms with van der Waals surface area (Å²) in [6, 6.07) is 3.31. The van der Waals surface area contributed by atoms with E-state index in [1.807, 2.05) is 6.92 Å². The fourth-order valence-electron chi connectivity index (χ4n) is 1.54. The van der Waals surface area contributed by atoms with Crippen LogP contribution in [0.4, 0.5) is 13.2 Å². The molecule has 0 aliphatic carbocycles. The molecule has 0 fully saturated rings. The zero-order valence-corrected chi connectivity index (χ0v) is 11.5. The molecule has 0 spiro atoms. The van der Waals surface area contributed by atoms with Gasteiger partial charge < -0.3 is 4.42 Å². The molecule has 0 bridgehead atoms. The fourth-order valence-corrected chi connectivity index (χ4v) is 1.96. The van der Waals surface area contributed by atoms with Crippen LogP contribution in [0.3, 0.4) is 0 Å². The summed E-state index contributed by atoms with van der Waals surface area (Å²) in [6.07, 6.45) is -2.98. The molecule has 0 saturated heterocycles. The molecule has 2 rings (SSSR count). The molecule has 0 atom stereocenters. The van der Waals surface area contributed by atoms with Gasteiger partial charge in [-0.25, -0.2) is 0 Å². The number of nitrogens with zero attached hydrogens (tertiary/aromatic N) is 2. The first-order valence-corrected chi connectivity index (χ1v) is 6.40. The monoisotopic (exact) mass is 334 g/mol. The molecule has 7 heteroatoms. The van der Waals surface area contributed by atoms with Gasteiger partial charge in [-0.3, -0.25) is 0 Å². The predicted molar refractivity (Wildman–Crippen MR) is 66.4 cm³/mol. The number of alkyl halides is 3. The summed E-state index contributed by atoms with van der Waals surface area (Å²) in [5.74, 6) is 0.503. The predicted octanol–water partition coefficient (Wildman–Crippen LogP) is 4.47. The fraction of sp³-hybridized carbons (Fsp3) is 0.333. The third-order valence-corrected chi connectivity index (χ3v) is 3.15. The van der Waals surface area contributed by atoms with Gasteiger partial charge in [0, 0.05) is 10.9 Å². The molecule has 1 heterocycles. The van der Waals surface area contributed by atoms with Crippen molar-refractivity contribution in [3.05, 3.63) is 34.1 Å². The van der Waals surface area contributed by atoms with Gasteiger partial charge in [-0.15, -0.1) is 10.2 Å². The molecule has 0 radical (unpaired) electrons. The Morgan fingerprint density at radius 2 is 2.00 bits per heavy atom. The van der Waals surface area contributed by atoms with Crippen LogP contribution in [-0.2, 0) is 12.6 Å². The smallest absolute Gasteiger partial charge is 0.416 e. The number of aromatic nitrogens is 2. The van der Waals surface area contributed by atoms with Crippen molar-refractivity contribution in [3.63, 3.8) is 0 Å². The standard InChI is InChI=1S/C12H10BrF3N2O/c1-2-3-10-17-18-11(19-10)8-6-7(12(14,15)16)4-5-9(8)13/h4-6H,2-3H2,1H3. The second-order valence-electron chi connectivity index (χ2n) is 3.94. The number of benzene rings is 1. The molecular formula is C12H10BrF3N2O. The first-order valence-electron chi connectivity index (χ1n) is 5.61. The number of rotatable bonds is 3. The molecule has 2 aromatic rings. The van der Waals surface area contributed by atoms with E-state index in [2.05, 4.69) is 26.1 Å². The Hall–Kier alpha value is -1.37. The highest BCUT2D eigenvalue weighted by Gasteiger charge is 2.31. The zero-order valence-electron chi connectivity index (χ0n) is 9.96. The largest absolute Gasteiger partial charge is 0.421 e. The molecule has 0 N–H and O–H groups in total. The maximum absolute atomic E-state index is 12.7. The van der Waals surface area contributed by atoms with Crippen LogP contribution in [0.15, 0.2) is 27.1 Å². The van der Waals surface area contributed by atoms with Gasteiger partial charge in [-0.1, -0.05) is 6.92 Å². The normalized spacial score (nSPS) is 11.8. The minimum Gasteiger partial charge on any atom is -0.421 e. The van der Waals surface area contributed by atoms with E-state index in [1.54, 1.807) is 0 Å². The van der Waals surface area contributed by atoms with E-state index < -0.39 is 11.7 Å². The summed E-state index contributed by atoms with van der Waals surface area (Å²) >= 11 is 3.19. The topological polar surface area (TPSA) is 38.9 Å². The second-order valence-corrected chi connectivity index (χ2v) is 4.80. The molecule has 0 unspecified atom stereocenters. The summed E-state index contributed by atoms with van der Waals surface area (Å²) in [6.45, 7) is 1.95. The van der Waals surface area contributed by atoms with E-state index in [0.717, 1.165) is 18.6 Å². The number of aryl methyl sites for hydroxylation is 1. The SMILES string of the molecule is CCCc1nnc(-c2cc(C(F)(F)F)ccc2Br)o1. The average molecular weight is 335 g/mol. The highest BCUT2D eigenvalue weighted by atomic mass is 79.9. The van der Waals surface area contributed by atoms with Crippen LogP contribution < -0.4 is 0 Å². The van der Waals surface area contributed by atoms with Crippen LogP contribution in [0.2, 0.25) is 0 Å². The first kappa shape index (κ1) is 14.0.